The van der Waals surface area contributed by atoms with Gasteiger partial charge in [-0.1, -0.05) is 42.5 Å². The summed E-state index contributed by atoms with van der Waals surface area (Å²) in [6, 6.07) is 22.8. The van der Waals surface area contributed by atoms with Crippen molar-refractivity contribution < 1.29 is 13.2 Å². The van der Waals surface area contributed by atoms with Gasteiger partial charge in [0.25, 0.3) is 5.91 Å². The smallest absolute Gasteiger partial charge is 0.256 e. The molecule has 3 N–H and O–H groups in total. The molecule has 0 spiro atoms. The van der Waals surface area contributed by atoms with Crippen LogP contribution in [0.3, 0.4) is 0 Å². The van der Waals surface area contributed by atoms with Gasteiger partial charge in [0.2, 0.25) is 10.0 Å². The SMILES string of the molecule is Cc1ccccc1-c1cc(C(=O)Nc2ccc(S(N)(=O)=O)cc2)c2ccccc2n1. The molecule has 1 amide bonds. The Kier molecular flexibility index (Phi) is 5.07. The molecule has 6 nitrogen and oxygen atoms in total. The van der Waals surface area contributed by atoms with Crippen LogP contribution in [-0.2, 0) is 10.0 Å². The van der Waals surface area contributed by atoms with Crippen molar-refractivity contribution in [3.63, 3.8) is 0 Å². The Morgan fingerprint density at radius 3 is 2.30 bits per heavy atom. The molecule has 1 heterocycles. The third-order valence-electron chi connectivity index (χ3n) is 4.82. The number of pyridine rings is 1. The van der Waals surface area contributed by atoms with Gasteiger partial charge in [0.05, 0.1) is 21.7 Å². The minimum absolute atomic E-state index is 0.0169. The normalized spacial score (nSPS) is 11.4. The number of nitrogens with two attached hydrogens (primary N) is 1. The molecule has 3 aromatic carbocycles. The van der Waals surface area contributed by atoms with Gasteiger partial charge in [0.15, 0.2) is 0 Å². The molecule has 7 heteroatoms. The number of primary sulfonamides is 1. The first-order valence-corrected chi connectivity index (χ1v) is 10.8. The average Bonchev–Trinajstić information content (AvgIpc) is 2.73. The van der Waals surface area contributed by atoms with Gasteiger partial charge >= 0.3 is 0 Å². The fourth-order valence-electron chi connectivity index (χ4n) is 3.29. The van der Waals surface area contributed by atoms with Crippen LogP contribution in [0.25, 0.3) is 22.2 Å². The Labute approximate surface area is 174 Å². The molecule has 0 fully saturated rings. The molecule has 0 bridgehead atoms. The Bertz CT molecular complexity index is 1360. The van der Waals surface area contributed by atoms with Crippen molar-refractivity contribution in [1.29, 1.82) is 0 Å². The first kappa shape index (κ1) is 19.8. The van der Waals surface area contributed by atoms with Gasteiger partial charge in [-0.2, -0.15) is 0 Å². The maximum absolute atomic E-state index is 13.1. The van der Waals surface area contributed by atoms with Crippen LogP contribution in [0.15, 0.2) is 83.8 Å². The summed E-state index contributed by atoms with van der Waals surface area (Å²) < 4.78 is 22.8. The highest BCUT2D eigenvalue weighted by molar-refractivity contribution is 7.89. The predicted octanol–water partition coefficient (Wildman–Crippen LogP) is 4.11. The van der Waals surface area contributed by atoms with Gasteiger partial charge in [0, 0.05) is 16.6 Å². The summed E-state index contributed by atoms with van der Waals surface area (Å²) in [6.07, 6.45) is 0. The van der Waals surface area contributed by atoms with E-state index in [1.54, 1.807) is 6.07 Å². The lowest BCUT2D eigenvalue weighted by molar-refractivity contribution is 0.102. The third-order valence-corrected chi connectivity index (χ3v) is 5.75. The maximum Gasteiger partial charge on any atom is 0.256 e. The lowest BCUT2D eigenvalue weighted by Gasteiger charge is -2.12. The second-order valence-electron chi connectivity index (χ2n) is 6.91. The van der Waals surface area contributed by atoms with E-state index >= 15 is 0 Å². The second-order valence-corrected chi connectivity index (χ2v) is 8.47. The van der Waals surface area contributed by atoms with Crippen molar-refractivity contribution in [2.45, 2.75) is 11.8 Å². The fraction of sp³-hybridized carbons (Fsp3) is 0.0435. The number of benzene rings is 3. The van der Waals surface area contributed by atoms with Crippen LogP contribution in [0.1, 0.15) is 15.9 Å². The number of fused-ring (bicyclic) bond motifs is 1. The molecule has 0 aliphatic rings. The Hall–Kier alpha value is -3.55. The van der Waals surface area contributed by atoms with Crippen LogP contribution in [0.5, 0.6) is 0 Å². The zero-order valence-corrected chi connectivity index (χ0v) is 17.0. The number of rotatable bonds is 4. The third kappa shape index (κ3) is 3.94. The number of carbonyl (C=O) groups excluding carboxylic acids is 1. The Balaban J connectivity index is 1.76. The molecule has 0 saturated carbocycles. The van der Waals surface area contributed by atoms with Gasteiger partial charge in [-0.3, -0.25) is 4.79 Å². The van der Waals surface area contributed by atoms with Gasteiger partial charge in [-0.15, -0.1) is 0 Å². The van der Waals surface area contributed by atoms with Crippen molar-refractivity contribution >= 4 is 32.5 Å². The lowest BCUT2D eigenvalue weighted by atomic mass is 10.0. The first-order chi connectivity index (χ1) is 14.3. The molecule has 0 unspecified atom stereocenters. The average molecular weight is 417 g/mol. The molecule has 4 rings (SSSR count). The number of amides is 1. The summed E-state index contributed by atoms with van der Waals surface area (Å²) in [5, 5.41) is 8.67. The molecular weight excluding hydrogens is 398 g/mol. The molecule has 0 aliphatic heterocycles. The monoisotopic (exact) mass is 417 g/mol. The summed E-state index contributed by atoms with van der Waals surface area (Å²) in [5.41, 5.74) is 4.38. The number of nitrogens with one attached hydrogen (secondary N) is 1. The molecule has 0 aliphatic carbocycles. The summed E-state index contributed by atoms with van der Waals surface area (Å²) >= 11 is 0. The quantitative estimate of drug-likeness (QED) is 0.522. The number of aromatic nitrogens is 1. The number of hydrogen-bond acceptors (Lipinski definition) is 4. The van der Waals surface area contributed by atoms with E-state index in [0.717, 1.165) is 16.5 Å². The molecule has 1 aromatic heterocycles. The molecular formula is C23H19N3O3S. The molecule has 0 atom stereocenters. The molecule has 0 saturated heterocycles. The van der Waals surface area contributed by atoms with Crippen molar-refractivity contribution in [2.24, 2.45) is 5.14 Å². The van der Waals surface area contributed by atoms with E-state index in [0.29, 0.717) is 22.5 Å². The van der Waals surface area contributed by atoms with E-state index < -0.39 is 10.0 Å². The number of anilines is 1. The van der Waals surface area contributed by atoms with E-state index in [1.807, 2.05) is 55.5 Å². The predicted molar refractivity (Wildman–Crippen MR) is 118 cm³/mol. The number of nitrogens with zero attached hydrogens (tertiary/aromatic N) is 1. The zero-order chi connectivity index (χ0) is 21.3. The van der Waals surface area contributed by atoms with Crippen LogP contribution in [0.2, 0.25) is 0 Å². The van der Waals surface area contributed by atoms with E-state index in [1.165, 1.54) is 24.3 Å². The fourth-order valence-corrected chi connectivity index (χ4v) is 3.80. The number of hydrogen-bond donors (Lipinski definition) is 2. The van der Waals surface area contributed by atoms with Crippen molar-refractivity contribution in [3.8, 4) is 11.3 Å². The highest BCUT2D eigenvalue weighted by atomic mass is 32.2. The standard InChI is InChI=1S/C23H19N3O3S/c1-15-6-2-3-7-18(15)22-14-20(19-8-4-5-9-21(19)26-22)23(27)25-16-10-12-17(13-11-16)30(24,28)29/h2-14H,1H3,(H,25,27)(H2,24,28,29). The minimum Gasteiger partial charge on any atom is -0.322 e. The zero-order valence-electron chi connectivity index (χ0n) is 16.2. The topological polar surface area (TPSA) is 102 Å². The van der Waals surface area contributed by atoms with Crippen LogP contribution in [0.4, 0.5) is 5.69 Å². The maximum atomic E-state index is 13.1. The number of aryl methyl sites for hydroxylation is 1. The number of carbonyl (C=O) groups is 1. The molecule has 30 heavy (non-hydrogen) atoms. The van der Waals surface area contributed by atoms with Crippen LogP contribution < -0.4 is 10.5 Å². The highest BCUT2D eigenvalue weighted by Gasteiger charge is 2.15. The van der Waals surface area contributed by atoms with Gasteiger partial charge in [0.1, 0.15) is 0 Å². The molecule has 4 aromatic rings. The summed E-state index contributed by atoms with van der Waals surface area (Å²) in [7, 11) is -3.79. The summed E-state index contributed by atoms with van der Waals surface area (Å²) in [5.74, 6) is -0.313. The van der Waals surface area contributed by atoms with E-state index in [-0.39, 0.29) is 10.8 Å². The largest absolute Gasteiger partial charge is 0.322 e. The molecule has 150 valence electrons. The lowest BCUT2D eigenvalue weighted by Crippen LogP contribution is -2.14. The van der Waals surface area contributed by atoms with E-state index in [9.17, 15) is 13.2 Å². The van der Waals surface area contributed by atoms with Crippen molar-refractivity contribution in [2.75, 3.05) is 5.32 Å². The van der Waals surface area contributed by atoms with Gasteiger partial charge in [-0.05, 0) is 48.9 Å². The Morgan fingerprint density at radius 1 is 0.933 bits per heavy atom. The van der Waals surface area contributed by atoms with Gasteiger partial charge < -0.3 is 5.32 Å². The molecule has 0 radical (unpaired) electrons. The first-order valence-electron chi connectivity index (χ1n) is 9.23. The van der Waals surface area contributed by atoms with Crippen LogP contribution >= 0.6 is 0 Å². The second kappa shape index (κ2) is 7.70. The van der Waals surface area contributed by atoms with Crippen molar-refractivity contribution in [1.82, 2.24) is 4.98 Å². The van der Waals surface area contributed by atoms with Crippen LogP contribution in [-0.4, -0.2) is 19.3 Å². The highest BCUT2D eigenvalue weighted by Crippen LogP contribution is 2.27. The summed E-state index contributed by atoms with van der Waals surface area (Å²) in [6.45, 7) is 2.00. The van der Waals surface area contributed by atoms with Gasteiger partial charge in [-0.25, -0.2) is 18.5 Å². The van der Waals surface area contributed by atoms with E-state index in [2.05, 4.69) is 5.32 Å². The summed E-state index contributed by atoms with van der Waals surface area (Å²) in [4.78, 5) is 17.8. The van der Waals surface area contributed by atoms with Crippen molar-refractivity contribution in [3.05, 3.63) is 90.0 Å². The number of sulfonamides is 1. The minimum atomic E-state index is -3.79. The van der Waals surface area contributed by atoms with Crippen LogP contribution in [0, 0.1) is 6.92 Å². The number of para-hydroxylation sites is 1. The van der Waals surface area contributed by atoms with E-state index in [4.69, 9.17) is 10.1 Å². The Morgan fingerprint density at radius 2 is 1.60 bits per heavy atom.